The van der Waals surface area contributed by atoms with Crippen LogP contribution in [0.15, 0.2) is 60.7 Å². The minimum absolute atomic E-state index is 0.314. The van der Waals surface area contributed by atoms with Crippen molar-refractivity contribution in [2.75, 3.05) is 13.7 Å². The van der Waals surface area contributed by atoms with Crippen molar-refractivity contribution in [3.8, 4) is 0 Å². The summed E-state index contributed by atoms with van der Waals surface area (Å²) in [6.45, 7) is 2.94. The molecule has 1 N–H and O–H groups in total. The molecule has 2 heteroatoms. The van der Waals surface area contributed by atoms with Crippen LogP contribution in [-0.4, -0.2) is 19.8 Å². The minimum Gasteiger partial charge on any atom is -0.383 e. The van der Waals surface area contributed by atoms with Crippen LogP contribution in [0.5, 0.6) is 0 Å². The van der Waals surface area contributed by atoms with Crippen molar-refractivity contribution >= 4 is 0 Å². The molecule has 0 aliphatic carbocycles. The van der Waals surface area contributed by atoms with Gasteiger partial charge >= 0.3 is 0 Å². The third kappa shape index (κ3) is 5.00. The smallest absolute Gasteiger partial charge is 0.0615 e. The van der Waals surface area contributed by atoms with Gasteiger partial charge in [0, 0.05) is 19.2 Å². The molecule has 2 atom stereocenters. The average molecular weight is 283 g/mol. The molecular formula is C19H25NO. The van der Waals surface area contributed by atoms with Gasteiger partial charge in [-0.15, -0.1) is 0 Å². The summed E-state index contributed by atoms with van der Waals surface area (Å²) in [5.74, 6) is 0. The molecule has 0 spiro atoms. The van der Waals surface area contributed by atoms with Crippen LogP contribution >= 0.6 is 0 Å². The van der Waals surface area contributed by atoms with Gasteiger partial charge < -0.3 is 10.1 Å². The first-order chi connectivity index (χ1) is 10.3. The molecule has 0 saturated carbocycles. The maximum absolute atomic E-state index is 5.32. The van der Waals surface area contributed by atoms with Gasteiger partial charge in [-0.2, -0.15) is 0 Å². The normalized spacial score (nSPS) is 13.8. The molecule has 0 aromatic heterocycles. The molecule has 2 aromatic carbocycles. The molecule has 112 valence electrons. The Kier molecular flexibility index (Phi) is 6.45. The van der Waals surface area contributed by atoms with Crippen LogP contribution < -0.4 is 5.32 Å². The van der Waals surface area contributed by atoms with Crippen LogP contribution in [0.2, 0.25) is 0 Å². The Bertz CT molecular complexity index is 497. The second-order valence-corrected chi connectivity index (χ2v) is 5.38. The Hall–Kier alpha value is -1.64. The Labute approximate surface area is 128 Å². The SMILES string of the molecule is CCC(COC)NC(Cc1ccccc1)c1ccccc1. The quantitative estimate of drug-likeness (QED) is 0.791. The van der Waals surface area contributed by atoms with E-state index in [9.17, 15) is 0 Å². The van der Waals surface area contributed by atoms with Crippen molar-refractivity contribution in [2.45, 2.75) is 31.8 Å². The summed E-state index contributed by atoms with van der Waals surface area (Å²) in [7, 11) is 1.76. The Balaban J connectivity index is 2.14. The third-order valence-electron chi connectivity index (χ3n) is 3.78. The zero-order valence-electron chi connectivity index (χ0n) is 13.0. The first-order valence-corrected chi connectivity index (χ1v) is 7.67. The molecule has 0 bridgehead atoms. The summed E-state index contributed by atoms with van der Waals surface area (Å²) in [6, 6.07) is 22.0. The third-order valence-corrected chi connectivity index (χ3v) is 3.78. The Morgan fingerprint density at radius 2 is 1.57 bits per heavy atom. The number of benzene rings is 2. The fourth-order valence-electron chi connectivity index (χ4n) is 2.58. The number of nitrogens with one attached hydrogen (secondary N) is 1. The van der Waals surface area contributed by atoms with Crippen molar-refractivity contribution in [1.82, 2.24) is 5.32 Å². The van der Waals surface area contributed by atoms with E-state index in [2.05, 4.69) is 72.9 Å². The fourth-order valence-corrected chi connectivity index (χ4v) is 2.58. The molecule has 2 unspecified atom stereocenters. The largest absolute Gasteiger partial charge is 0.383 e. The van der Waals surface area contributed by atoms with E-state index in [0.29, 0.717) is 12.1 Å². The highest BCUT2D eigenvalue weighted by atomic mass is 16.5. The lowest BCUT2D eigenvalue weighted by molar-refractivity contribution is 0.158. The van der Waals surface area contributed by atoms with E-state index in [4.69, 9.17) is 4.74 Å². The van der Waals surface area contributed by atoms with Gasteiger partial charge in [0.25, 0.3) is 0 Å². The first kappa shape index (κ1) is 15.7. The Morgan fingerprint density at radius 3 is 2.14 bits per heavy atom. The summed E-state index contributed by atoms with van der Waals surface area (Å²) in [5.41, 5.74) is 2.68. The summed E-state index contributed by atoms with van der Waals surface area (Å²) in [4.78, 5) is 0. The van der Waals surface area contributed by atoms with Gasteiger partial charge in [-0.1, -0.05) is 67.6 Å². The van der Waals surface area contributed by atoms with E-state index in [1.54, 1.807) is 7.11 Å². The van der Waals surface area contributed by atoms with Gasteiger partial charge in [-0.05, 0) is 24.0 Å². The van der Waals surface area contributed by atoms with Gasteiger partial charge in [0.15, 0.2) is 0 Å². The maximum Gasteiger partial charge on any atom is 0.0615 e. The van der Waals surface area contributed by atoms with Crippen molar-refractivity contribution in [1.29, 1.82) is 0 Å². The first-order valence-electron chi connectivity index (χ1n) is 7.67. The minimum atomic E-state index is 0.314. The number of hydrogen-bond acceptors (Lipinski definition) is 2. The van der Waals surface area contributed by atoms with Gasteiger partial charge in [0.1, 0.15) is 0 Å². The lowest BCUT2D eigenvalue weighted by atomic mass is 9.97. The average Bonchev–Trinajstić information content (AvgIpc) is 2.55. The zero-order chi connectivity index (χ0) is 14.9. The fraction of sp³-hybridized carbons (Fsp3) is 0.368. The molecule has 2 rings (SSSR count). The molecule has 0 saturated heterocycles. The lowest BCUT2D eigenvalue weighted by Gasteiger charge is -2.25. The number of methoxy groups -OCH3 is 1. The summed E-state index contributed by atoms with van der Waals surface area (Å²) < 4.78 is 5.32. The predicted octanol–water partition coefficient (Wildman–Crippen LogP) is 3.99. The number of hydrogen-bond donors (Lipinski definition) is 1. The van der Waals surface area contributed by atoms with Gasteiger partial charge in [-0.3, -0.25) is 0 Å². The molecule has 2 nitrogen and oxygen atoms in total. The highest BCUT2D eigenvalue weighted by molar-refractivity contribution is 5.23. The summed E-state index contributed by atoms with van der Waals surface area (Å²) in [5, 5.41) is 3.74. The van der Waals surface area contributed by atoms with Crippen molar-refractivity contribution in [3.05, 3.63) is 71.8 Å². The molecule has 0 aliphatic rings. The lowest BCUT2D eigenvalue weighted by Crippen LogP contribution is -2.36. The molecule has 0 fully saturated rings. The van der Waals surface area contributed by atoms with E-state index in [1.807, 2.05) is 0 Å². The van der Waals surface area contributed by atoms with E-state index in [-0.39, 0.29) is 0 Å². The zero-order valence-corrected chi connectivity index (χ0v) is 13.0. The number of rotatable bonds is 8. The predicted molar refractivity (Wildman–Crippen MR) is 88.4 cm³/mol. The van der Waals surface area contributed by atoms with Crippen molar-refractivity contribution in [2.24, 2.45) is 0 Å². The monoisotopic (exact) mass is 283 g/mol. The van der Waals surface area contributed by atoms with E-state index >= 15 is 0 Å². The van der Waals surface area contributed by atoms with Crippen LogP contribution in [0.3, 0.4) is 0 Å². The second-order valence-electron chi connectivity index (χ2n) is 5.38. The molecule has 21 heavy (non-hydrogen) atoms. The van der Waals surface area contributed by atoms with Gasteiger partial charge in [0.05, 0.1) is 6.61 Å². The van der Waals surface area contributed by atoms with Crippen molar-refractivity contribution < 1.29 is 4.74 Å². The second kappa shape index (κ2) is 8.60. The highest BCUT2D eigenvalue weighted by Gasteiger charge is 2.16. The highest BCUT2D eigenvalue weighted by Crippen LogP contribution is 2.19. The summed E-state index contributed by atoms with van der Waals surface area (Å²) >= 11 is 0. The topological polar surface area (TPSA) is 21.3 Å². The van der Waals surface area contributed by atoms with Gasteiger partial charge in [0.2, 0.25) is 0 Å². The van der Waals surface area contributed by atoms with Crippen molar-refractivity contribution in [3.63, 3.8) is 0 Å². The van der Waals surface area contributed by atoms with Crippen LogP contribution in [-0.2, 0) is 11.2 Å². The summed E-state index contributed by atoms with van der Waals surface area (Å²) in [6.07, 6.45) is 2.05. The standard InChI is InChI=1S/C19H25NO/c1-3-18(15-21-2)20-19(17-12-8-5-9-13-17)14-16-10-6-4-7-11-16/h4-13,18-20H,3,14-15H2,1-2H3. The van der Waals surface area contributed by atoms with Crippen LogP contribution in [0.4, 0.5) is 0 Å². The Morgan fingerprint density at radius 1 is 0.952 bits per heavy atom. The molecule has 0 radical (unpaired) electrons. The van der Waals surface area contributed by atoms with Crippen LogP contribution in [0.1, 0.15) is 30.5 Å². The number of ether oxygens (including phenoxy) is 1. The van der Waals surface area contributed by atoms with E-state index < -0.39 is 0 Å². The van der Waals surface area contributed by atoms with Crippen LogP contribution in [0, 0.1) is 0 Å². The molecule has 0 aliphatic heterocycles. The van der Waals surface area contributed by atoms with Crippen LogP contribution in [0.25, 0.3) is 0 Å². The molecule has 2 aromatic rings. The van der Waals surface area contributed by atoms with Gasteiger partial charge in [-0.25, -0.2) is 0 Å². The van der Waals surface area contributed by atoms with E-state index in [0.717, 1.165) is 19.4 Å². The molecule has 0 heterocycles. The molecule has 0 amide bonds. The molecular weight excluding hydrogens is 258 g/mol. The van der Waals surface area contributed by atoms with E-state index in [1.165, 1.54) is 11.1 Å². The maximum atomic E-state index is 5.32.